The molecule has 1 aliphatic heterocycles. The van der Waals surface area contributed by atoms with Crippen LogP contribution >= 0.6 is 0 Å². The Balaban J connectivity index is 0.000000348. The van der Waals surface area contributed by atoms with E-state index in [0.29, 0.717) is 12.3 Å². The highest BCUT2D eigenvalue weighted by Gasteiger charge is 2.58. The van der Waals surface area contributed by atoms with E-state index in [-0.39, 0.29) is 10.9 Å². The molecule has 3 aromatic carbocycles. The quantitative estimate of drug-likeness (QED) is 0.254. The van der Waals surface area contributed by atoms with Crippen molar-refractivity contribution in [1.82, 2.24) is 4.90 Å². The monoisotopic (exact) mass is 561 g/mol. The van der Waals surface area contributed by atoms with Crippen LogP contribution in [0.3, 0.4) is 0 Å². The van der Waals surface area contributed by atoms with Crippen LogP contribution in [0.1, 0.15) is 72.8 Å². The molecule has 3 aliphatic rings. The Kier molecular flexibility index (Phi) is 8.58. The van der Waals surface area contributed by atoms with Crippen LogP contribution in [0, 0.1) is 18.7 Å². The van der Waals surface area contributed by atoms with Crippen molar-refractivity contribution < 1.29 is 17.6 Å². The van der Waals surface area contributed by atoms with Crippen LogP contribution in [0.2, 0.25) is 0 Å². The van der Waals surface area contributed by atoms with Crippen LogP contribution in [0.25, 0.3) is 0 Å². The second-order valence-electron chi connectivity index (χ2n) is 11.8. The molecule has 0 radical (unpaired) electrons. The Morgan fingerprint density at radius 2 is 1.70 bits per heavy atom. The molecule has 2 unspecified atom stereocenters. The lowest BCUT2D eigenvalue weighted by Gasteiger charge is -2.42. The van der Waals surface area contributed by atoms with Gasteiger partial charge in [-0.05, 0) is 105 Å². The summed E-state index contributed by atoms with van der Waals surface area (Å²) >= 11 is 0. The zero-order valence-electron chi connectivity index (χ0n) is 23.6. The van der Waals surface area contributed by atoms with Gasteiger partial charge in [0.2, 0.25) is 0 Å². The first-order chi connectivity index (χ1) is 19.3. The number of likely N-dealkylation sites (tertiary alicyclic amines) is 1. The lowest BCUT2D eigenvalue weighted by atomic mass is 9.77. The summed E-state index contributed by atoms with van der Waals surface area (Å²) in [6.45, 7) is 2.85. The number of likely N-dealkylation sites (N-methyl/N-ethyl adjacent to an activating group) is 1. The predicted molar refractivity (Wildman–Crippen MR) is 158 cm³/mol. The Labute approximate surface area is 238 Å². The maximum atomic E-state index is 14.1. The molecular formula is C34H40FNO3S. The number of rotatable bonds is 5. The molecule has 0 bridgehead atoms. The molecule has 212 valence electrons. The Morgan fingerprint density at radius 1 is 0.975 bits per heavy atom. The third-order valence-electron chi connectivity index (χ3n) is 9.32. The molecule has 0 aromatic heterocycles. The van der Waals surface area contributed by atoms with Gasteiger partial charge in [-0.2, -0.15) is 0 Å². The van der Waals surface area contributed by atoms with Crippen molar-refractivity contribution in [3.8, 4) is 0 Å². The van der Waals surface area contributed by atoms with Gasteiger partial charge in [-0.1, -0.05) is 61.7 Å². The minimum absolute atomic E-state index is 0.0766. The third-order valence-corrected chi connectivity index (χ3v) is 11.9. The lowest BCUT2D eigenvalue weighted by molar-refractivity contribution is -0.111. The van der Waals surface area contributed by atoms with E-state index in [2.05, 4.69) is 48.2 Å². The summed E-state index contributed by atoms with van der Waals surface area (Å²) in [5.74, 6) is -0.0184. The van der Waals surface area contributed by atoms with Crippen molar-refractivity contribution in [2.24, 2.45) is 5.92 Å². The van der Waals surface area contributed by atoms with E-state index in [1.165, 1.54) is 60.2 Å². The van der Waals surface area contributed by atoms with Gasteiger partial charge in [0.15, 0.2) is 9.84 Å². The van der Waals surface area contributed by atoms with Crippen molar-refractivity contribution >= 4 is 16.1 Å². The molecule has 40 heavy (non-hydrogen) atoms. The number of aldehydes is 1. The number of carbonyl (C=O) groups is 1. The van der Waals surface area contributed by atoms with E-state index < -0.39 is 20.4 Å². The van der Waals surface area contributed by atoms with Crippen LogP contribution in [0.5, 0.6) is 0 Å². The molecule has 1 heterocycles. The summed E-state index contributed by atoms with van der Waals surface area (Å²) < 4.78 is 40.7. The van der Waals surface area contributed by atoms with Gasteiger partial charge >= 0.3 is 0 Å². The van der Waals surface area contributed by atoms with Gasteiger partial charge < -0.3 is 9.69 Å². The molecule has 6 rings (SSSR count). The van der Waals surface area contributed by atoms with E-state index in [0.717, 1.165) is 56.1 Å². The van der Waals surface area contributed by atoms with E-state index >= 15 is 0 Å². The maximum Gasteiger partial charge on any atom is 0.189 e. The number of carbonyl (C=O) groups excluding carboxylic acids is 1. The van der Waals surface area contributed by atoms with Crippen LogP contribution in [0.15, 0.2) is 71.6 Å². The van der Waals surface area contributed by atoms with Crippen molar-refractivity contribution in [2.75, 3.05) is 13.6 Å². The number of fused-ring (bicyclic) bond motifs is 3. The van der Waals surface area contributed by atoms with Gasteiger partial charge in [0, 0.05) is 18.5 Å². The number of benzene rings is 3. The molecule has 3 aromatic rings. The second kappa shape index (κ2) is 12.0. The largest absolute Gasteiger partial charge is 0.303 e. The smallest absolute Gasteiger partial charge is 0.189 e. The van der Waals surface area contributed by atoms with Gasteiger partial charge in [0.25, 0.3) is 0 Å². The van der Waals surface area contributed by atoms with E-state index in [9.17, 15) is 17.6 Å². The number of nitrogens with zero attached hydrogens (tertiary/aromatic N) is 1. The second-order valence-corrected chi connectivity index (χ2v) is 14.0. The van der Waals surface area contributed by atoms with Crippen molar-refractivity contribution in [3.63, 3.8) is 0 Å². The molecule has 0 N–H and O–H groups in total. The van der Waals surface area contributed by atoms with E-state index in [4.69, 9.17) is 0 Å². The molecule has 2 aliphatic carbocycles. The molecule has 2 atom stereocenters. The summed E-state index contributed by atoms with van der Waals surface area (Å²) in [5, 5.41) is 0. The first-order valence-corrected chi connectivity index (χ1v) is 16.1. The SMILES string of the molecule is Cc1ccccc1Cc1ccc2c(c1)CCC1N(C)CCC21S(=O)(=O)c1ccc(F)cc1.O=CC1CCCCC1. The molecule has 1 saturated heterocycles. The van der Waals surface area contributed by atoms with Gasteiger partial charge in [-0.25, -0.2) is 12.8 Å². The summed E-state index contributed by atoms with van der Waals surface area (Å²) in [4.78, 5) is 12.6. The molecule has 6 heteroatoms. The summed E-state index contributed by atoms with van der Waals surface area (Å²) in [7, 11) is -1.69. The van der Waals surface area contributed by atoms with Gasteiger partial charge in [-0.15, -0.1) is 0 Å². The normalized spacial score (nSPS) is 23.0. The van der Waals surface area contributed by atoms with Crippen LogP contribution in [-0.2, 0) is 32.2 Å². The Bertz CT molecular complexity index is 1450. The Hall–Kier alpha value is -2.83. The molecule has 1 saturated carbocycles. The average molecular weight is 562 g/mol. The van der Waals surface area contributed by atoms with E-state index in [1.54, 1.807) is 0 Å². The standard InChI is InChI=1S/C27H28FNO2S.C7H12O/c1-19-5-3-4-6-21(19)17-20-7-13-25-22(18-20)8-14-26-27(25,15-16-29(26)2)32(30,31)24-11-9-23(28)10-12-24;8-6-7-4-2-1-3-5-7/h3-7,9-13,18,26H,8,14-17H2,1-2H3;6-7H,1-5H2. The predicted octanol–water partition coefficient (Wildman–Crippen LogP) is 6.81. The lowest BCUT2D eigenvalue weighted by Crippen LogP contribution is -2.50. The molecular weight excluding hydrogens is 521 g/mol. The molecule has 0 spiro atoms. The number of aryl methyl sites for hydroxylation is 2. The summed E-state index contributed by atoms with van der Waals surface area (Å²) in [5.41, 5.74) is 5.81. The minimum atomic E-state index is -3.71. The highest BCUT2D eigenvalue weighted by molar-refractivity contribution is 7.92. The van der Waals surface area contributed by atoms with E-state index in [1.807, 2.05) is 13.1 Å². The number of sulfone groups is 1. The molecule has 4 nitrogen and oxygen atoms in total. The minimum Gasteiger partial charge on any atom is -0.303 e. The van der Waals surface area contributed by atoms with Crippen molar-refractivity contribution in [1.29, 1.82) is 0 Å². The zero-order valence-corrected chi connectivity index (χ0v) is 24.4. The highest BCUT2D eigenvalue weighted by Crippen LogP contribution is 2.52. The average Bonchev–Trinajstić information content (AvgIpc) is 3.33. The molecule has 0 amide bonds. The van der Waals surface area contributed by atoms with Crippen molar-refractivity contribution in [3.05, 3.63) is 100 Å². The highest BCUT2D eigenvalue weighted by atomic mass is 32.2. The zero-order chi connectivity index (χ0) is 28.3. The number of hydrogen-bond donors (Lipinski definition) is 0. The third kappa shape index (κ3) is 5.40. The van der Waals surface area contributed by atoms with Crippen molar-refractivity contribution in [2.45, 2.75) is 80.4 Å². The fraction of sp³-hybridized carbons (Fsp3) is 0.441. The van der Waals surface area contributed by atoms with Gasteiger partial charge in [-0.3, -0.25) is 0 Å². The first-order valence-electron chi connectivity index (χ1n) is 14.6. The fourth-order valence-corrected chi connectivity index (χ4v) is 9.46. The van der Waals surface area contributed by atoms with Crippen LogP contribution in [0.4, 0.5) is 4.39 Å². The number of hydrogen-bond acceptors (Lipinski definition) is 4. The first kappa shape index (κ1) is 28.7. The summed E-state index contributed by atoms with van der Waals surface area (Å²) in [6, 6.07) is 20.0. The maximum absolute atomic E-state index is 14.1. The van der Waals surface area contributed by atoms with Crippen LogP contribution in [-0.4, -0.2) is 39.2 Å². The topological polar surface area (TPSA) is 54.5 Å². The summed E-state index contributed by atoms with van der Waals surface area (Å²) in [6.07, 6.45) is 10.3. The Morgan fingerprint density at radius 3 is 2.38 bits per heavy atom. The van der Waals surface area contributed by atoms with Gasteiger partial charge in [0.1, 0.15) is 16.9 Å². The fourth-order valence-electron chi connectivity index (χ4n) is 7.04. The van der Waals surface area contributed by atoms with Crippen LogP contribution < -0.4 is 0 Å². The number of halogens is 1. The molecule has 2 fully saturated rings. The van der Waals surface area contributed by atoms with Gasteiger partial charge in [0.05, 0.1) is 4.90 Å².